The fraction of sp³-hybridized carbons (Fsp3) is 0.400. The number of hydrogen-bond acceptors (Lipinski definition) is 5. The summed E-state index contributed by atoms with van der Waals surface area (Å²) in [6.45, 7) is 3.26. The highest BCUT2D eigenvalue weighted by Gasteiger charge is 2.31. The SMILES string of the molecule is CC(C)[C@H](O)c1c([N+](=O)[O-])cccc1[N+](=O)[O-]. The number of aliphatic hydroxyl groups is 1. The van der Waals surface area contributed by atoms with E-state index in [9.17, 15) is 25.3 Å². The number of nitrogens with zero attached hydrogens (tertiary/aromatic N) is 2. The van der Waals surface area contributed by atoms with Crippen LogP contribution in [-0.4, -0.2) is 15.0 Å². The van der Waals surface area contributed by atoms with Crippen LogP contribution in [0, 0.1) is 26.1 Å². The lowest BCUT2D eigenvalue weighted by molar-refractivity contribution is -0.396. The number of benzene rings is 1. The molecular weight excluding hydrogens is 228 g/mol. The van der Waals surface area contributed by atoms with E-state index in [4.69, 9.17) is 0 Å². The van der Waals surface area contributed by atoms with Crippen LogP contribution >= 0.6 is 0 Å². The van der Waals surface area contributed by atoms with Gasteiger partial charge in [-0.2, -0.15) is 0 Å². The Hall–Kier alpha value is -2.02. The molecule has 92 valence electrons. The van der Waals surface area contributed by atoms with Gasteiger partial charge in [0.15, 0.2) is 0 Å². The molecule has 0 heterocycles. The molecule has 1 aromatic rings. The number of aliphatic hydroxyl groups excluding tert-OH is 1. The first-order chi connectivity index (χ1) is 7.86. The Bertz CT molecular complexity index is 426. The molecule has 0 bridgehead atoms. The van der Waals surface area contributed by atoms with Gasteiger partial charge in [0.2, 0.25) is 0 Å². The molecule has 0 radical (unpaired) electrons. The zero-order valence-electron chi connectivity index (χ0n) is 9.36. The lowest BCUT2D eigenvalue weighted by Gasteiger charge is -2.14. The van der Waals surface area contributed by atoms with Gasteiger partial charge in [-0.3, -0.25) is 20.2 Å². The summed E-state index contributed by atoms with van der Waals surface area (Å²) in [5.41, 5.74) is -1.10. The Labute approximate surface area is 97.0 Å². The minimum atomic E-state index is -1.24. The van der Waals surface area contributed by atoms with Gasteiger partial charge in [0.05, 0.1) is 16.0 Å². The number of rotatable bonds is 4. The van der Waals surface area contributed by atoms with Crippen molar-refractivity contribution in [2.24, 2.45) is 5.92 Å². The molecule has 0 amide bonds. The van der Waals surface area contributed by atoms with Gasteiger partial charge < -0.3 is 5.11 Å². The second-order valence-corrected chi connectivity index (χ2v) is 3.91. The third-order valence-corrected chi connectivity index (χ3v) is 2.38. The number of nitro benzene ring substituents is 2. The summed E-state index contributed by atoms with van der Waals surface area (Å²) in [5, 5.41) is 31.4. The minimum Gasteiger partial charge on any atom is -0.388 e. The molecule has 1 N–H and O–H groups in total. The van der Waals surface area contributed by atoms with Gasteiger partial charge >= 0.3 is 0 Å². The number of hydrogen-bond donors (Lipinski definition) is 1. The quantitative estimate of drug-likeness (QED) is 0.641. The topological polar surface area (TPSA) is 107 Å². The molecule has 0 aliphatic rings. The molecule has 1 aromatic carbocycles. The predicted molar refractivity (Wildman–Crippen MR) is 59.5 cm³/mol. The van der Waals surface area contributed by atoms with Crippen molar-refractivity contribution < 1.29 is 15.0 Å². The molecule has 0 aliphatic carbocycles. The van der Waals surface area contributed by atoms with E-state index in [1.807, 2.05) is 0 Å². The highest BCUT2D eigenvalue weighted by atomic mass is 16.6. The summed E-state index contributed by atoms with van der Waals surface area (Å²) in [6, 6.07) is 3.52. The maximum Gasteiger partial charge on any atom is 0.282 e. The fourth-order valence-corrected chi connectivity index (χ4v) is 1.50. The Morgan fingerprint density at radius 3 is 1.82 bits per heavy atom. The maximum atomic E-state index is 10.8. The van der Waals surface area contributed by atoms with E-state index >= 15 is 0 Å². The van der Waals surface area contributed by atoms with E-state index in [0.29, 0.717) is 0 Å². The van der Waals surface area contributed by atoms with E-state index in [2.05, 4.69) is 0 Å². The van der Waals surface area contributed by atoms with E-state index in [0.717, 1.165) is 12.1 Å². The van der Waals surface area contributed by atoms with Crippen molar-refractivity contribution in [1.29, 1.82) is 0 Å². The highest BCUT2D eigenvalue weighted by molar-refractivity contribution is 5.54. The van der Waals surface area contributed by atoms with E-state index in [1.54, 1.807) is 13.8 Å². The van der Waals surface area contributed by atoms with E-state index in [1.165, 1.54) is 6.07 Å². The molecule has 0 saturated heterocycles. The molecule has 7 nitrogen and oxygen atoms in total. The lowest BCUT2D eigenvalue weighted by atomic mass is 9.96. The standard InChI is InChI=1S/C10H12N2O5/c1-6(2)10(13)9-7(11(14)15)4-3-5-8(9)12(16)17/h3-6,10,13H,1-2H3/t10-/m0/s1. The first-order valence-corrected chi connectivity index (χ1v) is 4.96. The average Bonchev–Trinajstić information content (AvgIpc) is 2.26. The van der Waals surface area contributed by atoms with Gasteiger partial charge in [0.1, 0.15) is 5.56 Å². The average molecular weight is 240 g/mol. The second-order valence-electron chi connectivity index (χ2n) is 3.91. The zero-order chi connectivity index (χ0) is 13.2. The fourth-order valence-electron chi connectivity index (χ4n) is 1.50. The largest absolute Gasteiger partial charge is 0.388 e. The molecule has 1 atom stereocenters. The van der Waals surface area contributed by atoms with Crippen LogP contribution in [0.4, 0.5) is 11.4 Å². The van der Waals surface area contributed by atoms with Gasteiger partial charge in [-0.25, -0.2) is 0 Å². The summed E-state index contributed by atoms with van der Waals surface area (Å²) in [6.07, 6.45) is -1.24. The second kappa shape index (κ2) is 4.88. The molecule has 17 heavy (non-hydrogen) atoms. The summed E-state index contributed by atoms with van der Waals surface area (Å²) in [7, 11) is 0. The monoisotopic (exact) mass is 240 g/mol. The van der Waals surface area contributed by atoms with Crippen LogP contribution in [0.5, 0.6) is 0 Å². The zero-order valence-corrected chi connectivity index (χ0v) is 9.36. The Balaban J connectivity index is 3.49. The van der Waals surface area contributed by atoms with Crippen LogP contribution in [0.15, 0.2) is 18.2 Å². The van der Waals surface area contributed by atoms with Gasteiger partial charge in [0.25, 0.3) is 11.4 Å². The molecule has 0 aliphatic heterocycles. The van der Waals surface area contributed by atoms with Crippen molar-refractivity contribution in [1.82, 2.24) is 0 Å². The van der Waals surface area contributed by atoms with Gasteiger partial charge in [0, 0.05) is 12.1 Å². The third-order valence-electron chi connectivity index (χ3n) is 2.38. The third kappa shape index (κ3) is 2.56. The first kappa shape index (κ1) is 13.0. The van der Waals surface area contributed by atoms with Crippen LogP contribution in [0.25, 0.3) is 0 Å². The van der Waals surface area contributed by atoms with Crippen molar-refractivity contribution in [2.75, 3.05) is 0 Å². The summed E-state index contributed by atoms with van der Waals surface area (Å²) in [4.78, 5) is 20.1. The van der Waals surface area contributed by atoms with Crippen LogP contribution in [-0.2, 0) is 0 Å². The molecule has 0 aromatic heterocycles. The van der Waals surface area contributed by atoms with Gasteiger partial charge in [-0.05, 0) is 12.0 Å². The lowest BCUT2D eigenvalue weighted by Crippen LogP contribution is -2.11. The molecule has 0 spiro atoms. The normalized spacial score (nSPS) is 12.5. The molecule has 0 saturated carbocycles. The number of nitro groups is 2. The van der Waals surface area contributed by atoms with Crippen molar-refractivity contribution >= 4 is 11.4 Å². The summed E-state index contributed by atoms with van der Waals surface area (Å²) < 4.78 is 0. The maximum absolute atomic E-state index is 10.8. The van der Waals surface area contributed by atoms with E-state index < -0.39 is 27.3 Å². The molecular formula is C10H12N2O5. The summed E-state index contributed by atoms with van der Waals surface area (Å²) >= 11 is 0. The minimum absolute atomic E-state index is 0.238. The predicted octanol–water partition coefficient (Wildman–Crippen LogP) is 2.19. The van der Waals surface area contributed by atoms with Crippen LogP contribution in [0.2, 0.25) is 0 Å². The molecule has 1 rings (SSSR count). The first-order valence-electron chi connectivity index (χ1n) is 4.96. The van der Waals surface area contributed by atoms with Crippen LogP contribution in [0.1, 0.15) is 25.5 Å². The molecule has 0 fully saturated rings. The van der Waals surface area contributed by atoms with Gasteiger partial charge in [-0.1, -0.05) is 13.8 Å². The van der Waals surface area contributed by atoms with Crippen molar-refractivity contribution in [3.63, 3.8) is 0 Å². The highest BCUT2D eigenvalue weighted by Crippen LogP contribution is 2.36. The molecule has 0 unspecified atom stereocenters. The van der Waals surface area contributed by atoms with Crippen LogP contribution < -0.4 is 0 Å². The van der Waals surface area contributed by atoms with Crippen molar-refractivity contribution in [2.45, 2.75) is 20.0 Å². The smallest absolute Gasteiger partial charge is 0.282 e. The Kier molecular flexibility index (Phi) is 3.74. The van der Waals surface area contributed by atoms with Gasteiger partial charge in [-0.15, -0.1) is 0 Å². The van der Waals surface area contributed by atoms with Crippen molar-refractivity contribution in [3.05, 3.63) is 44.0 Å². The Morgan fingerprint density at radius 1 is 1.12 bits per heavy atom. The Morgan fingerprint density at radius 2 is 1.53 bits per heavy atom. The molecule has 7 heteroatoms. The van der Waals surface area contributed by atoms with Crippen molar-refractivity contribution in [3.8, 4) is 0 Å². The van der Waals surface area contributed by atoms with Crippen LogP contribution in [0.3, 0.4) is 0 Å². The summed E-state index contributed by atoms with van der Waals surface area (Å²) in [5.74, 6) is -0.352. The van der Waals surface area contributed by atoms with E-state index in [-0.39, 0.29) is 11.5 Å².